The number of hydrogen-bond acceptors (Lipinski definition) is 7. The lowest BCUT2D eigenvalue weighted by Gasteiger charge is -2.16. The second kappa shape index (κ2) is 43.3. The second-order valence-electron chi connectivity index (χ2n) is 15.4. The minimum atomic E-state index is -0.163. The van der Waals surface area contributed by atoms with Crippen molar-refractivity contribution < 1.29 is 28.7 Å². The lowest BCUT2D eigenvalue weighted by molar-refractivity contribution is -0.150. The topological polar surface area (TPSA) is 175 Å². The number of unbranched alkanes of at least 4 members (excludes halogenated alkanes) is 17. The molecule has 0 aromatic carbocycles. The summed E-state index contributed by atoms with van der Waals surface area (Å²) >= 11 is 0. The van der Waals surface area contributed by atoms with Gasteiger partial charge in [-0.25, -0.2) is 0 Å². The quantitative estimate of drug-likeness (QED) is 0.0207. The molecule has 0 saturated heterocycles. The zero-order chi connectivity index (χ0) is 41.9. The van der Waals surface area contributed by atoms with Crippen LogP contribution in [0.5, 0.6) is 0 Å². The molecule has 0 spiro atoms. The maximum absolute atomic E-state index is 12.8. The number of aliphatic imine (C=N–C) groups is 1. The summed E-state index contributed by atoms with van der Waals surface area (Å²) < 4.78 is 11.2. The number of amides is 2. The highest BCUT2D eigenvalue weighted by Crippen LogP contribution is 2.21. The van der Waals surface area contributed by atoms with Gasteiger partial charge in [0.15, 0.2) is 5.96 Å². The molecule has 0 radical (unpaired) electrons. The van der Waals surface area contributed by atoms with Crippen LogP contribution in [0.1, 0.15) is 214 Å². The van der Waals surface area contributed by atoms with Crippen molar-refractivity contribution in [1.29, 1.82) is 0 Å². The monoisotopic (exact) mass is 796 g/mol. The van der Waals surface area contributed by atoms with Gasteiger partial charge in [0.1, 0.15) is 0 Å². The largest absolute Gasteiger partial charge is 0.465 e. The molecule has 56 heavy (non-hydrogen) atoms. The van der Waals surface area contributed by atoms with Gasteiger partial charge in [0.25, 0.3) is 0 Å². The summed E-state index contributed by atoms with van der Waals surface area (Å²) in [6, 6.07) is 0. The zero-order valence-corrected chi connectivity index (χ0v) is 37.0. The van der Waals surface area contributed by atoms with Gasteiger partial charge in [-0.1, -0.05) is 143 Å². The van der Waals surface area contributed by atoms with Crippen LogP contribution >= 0.6 is 0 Å². The van der Waals surface area contributed by atoms with Crippen LogP contribution in [-0.4, -0.2) is 62.6 Å². The maximum Gasteiger partial charge on any atom is 0.308 e. The van der Waals surface area contributed by atoms with Gasteiger partial charge in [0, 0.05) is 19.5 Å². The van der Waals surface area contributed by atoms with Crippen LogP contribution in [0.2, 0.25) is 0 Å². The van der Waals surface area contributed by atoms with Crippen LogP contribution in [0.3, 0.4) is 0 Å². The van der Waals surface area contributed by atoms with Gasteiger partial charge in [-0.05, 0) is 64.7 Å². The van der Waals surface area contributed by atoms with E-state index >= 15 is 0 Å². The van der Waals surface area contributed by atoms with Crippen molar-refractivity contribution >= 4 is 29.7 Å². The first-order chi connectivity index (χ1) is 27.2. The summed E-state index contributed by atoms with van der Waals surface area (Å²) in [4.78, 5) is 53.0. The van der Waals surface area contributed by atoms with Crippen molar-refractivity contribution in [2.45, 2.75) is 214 Å². The van der Waals surface area contributed by atoms with Crippen LogP contribution in [0, 0.1) is 11.8 Å². The average molecular weight is 796 g/mol. The van der Waals surface area contributed by atoms with E-state index in [1.54, 1.807) is 0 Å². The molecule has 330 valence electrons. The third kappa shape index (κ3) is 39.4. The highest BCUT2D eigenvalue weighted by Gasteiger charge is 2.20. The number of ether oxygens (including phenoxy) is 2. The number of nitrogens with two attached hydrogens (primary N) is 2. The van der Waals surface area contributed by atoms with Gasteiger partial charge in [0.05, 0.1) is 31.6 Å². The van der Waals surface area contributed by atoms with E-state index in [1.807, 2.05) is 6.92 Å². The molecule has 0 fully saturated rings. The number of hydrogen-bond donors (Lipinski definition) is 4. The standard InChI is InChI=1S/C42H80N2O6.C3H9N3/c1-5-9-12-14-16-23-31-38(30-22-13-10-6-2)42(48)50-35-27-20-18-25-33-43-40(46)36-44-39(45)32-24-17-15-19-26-34-49-41(47)37(28-8-4)29-21-11-7-3;1-2-6-3(4)5/h37-38H,5-36H2,1-4H3,(H,43,46)(H,44,45);2H2,1H3,(H4,4,5,6). The van der Waals surface area contributed by atoms with E-state index in [-0.39, 0.29) is 48.1 Å². The summed E-state index contributed by atoms with van der Waals surface area (Å²) in [5, 5.41) is 5.60. The first-order valence-electron chi connectivity index (χ1n) is 23.1. The summed E-state index contributed by atoms with van der Waals surface area (Å²) in [5.74, 6) is -0.0401. The molecule has 2 atom stereocenters. The summed E-state index contributed by atoms with van der Waals surface area (Å²) in [5.41, 5.74) is 9.86. The Hall–Kier alpha value is -2.85. The molecule has 0 saturated carbocycles. The van der Waals surface area contributed by atoms with Crippen molar-refractivity contribution in [1.82, 2.24) is 10.6 Å². The Labute approximate surface area is 343 Å². The third-order valence-corrected chi connectivity index (χ3v) is 9.99. The zero-order valence-electron chi connectivity index (χ0n) is 37.0. The molecular formula is C45H89N5O6. The van der Waals surface area contributed by atoms with E-state index in [9.17, 15) is 19.2 Å². The molecule has 2 unspecified atom stereocenters. The van der Waals surface area contributed by atoms with Gasteiger partial charge < -0.3 is 31.6 Å². The number of carbonyl (C=O) groups excluding carboxylic acids is 4. The number of nitrogens with one attached hydrogen (secondary N) is 2. The Morgan fingerprint density at radius 1 is 0.482 bits per heavy atom. The number of carbonyl (C=O) groups is 4. The molecule has 0 heterocycles. The molecule has 2 amide bonds. The summed E-state index contributed by atoms with van der Waals surface area (Å²) in [6.07, 6.45) is 29.0. The van der Waals surface area contributed by atoms with Crippen molar-refractivity contribution in [3.8, 4) is 0 Å². The third-order valence-electron chi connectivity index (χ3n) is 9.99. The highest BCUT2D eigenvalue weighted by molar-refractivity contribution is 5.84. The number of rotatable bonds is 38. The smallest absolute Gasteiger partial charge is 0.308 e. The van der Waals surface area contributed by atoms with Crippen molar-refractivity contribution in [2.24, 2.45) is 28.3 Å². The Balaban J connectivity index is 0. The number of esters is 2. The highest BCUT2D eigenvalue weighted by atomic mass is 16.5. The molecule has 0 aromatic rings. The summed E-state index contributed by atoms with van der Waals surface area (Å²) in [7, 11) is 0. The minimum absolute atomic E-state index is 0.00676. The molecule has 11 nitrogen and oxygen atoms in total. The first kappa shape index (κ1) is 55.2. The van der Waals surface area contributed by atoms with Crippen LogP contribution in [0.25, 0.3) is 0 Å². The van der Waals surface area contributed by atoms with Gasteiger partial charge >= 0.3 is 11.9 Å². The molecule has 0 aromatic heterocycles. The molecule has 0 aliphatic heterocycles. The van der Waals surface area contributed by atoms with Gasteiger partial charge in [0.2, 0.25) is 11.8 Å². The van der Waals surface area contributed by atoms with E-state index in [4.69, 9.17) is 20.9 Å². The van der Waals surface area contributed by atoms with E-state index in [2.05, 4.69) is 43.3 Å². The Bertz CT molecular complexity index is 959. The van der Waals surface area contributed by atoms with E-state index in [0.29, 0.717) is 32.7 Å². The molecule has 6 N–H and O–H groups in total. The van der Waals surface area contributed by atoms with Gasteiger partial charge in [-0.15, -0.1) is 0 Å². The van der Waals surface area contributed by atoms with E-state index < -0.39 is 0 Å². The Morgan fingerprint density at radius 2 is 0.911 bits per heavy atom. The first-order valence-corrected chi connectivity index (χ1v) is 23.1. The fraction of sp³-hybridized carbons (Fsp3) is 0.889. The lowest BCUT2D eigenvalue weighted by Crippen LogP contribution is -2.37. The fourth-order valence-corrected chi connectivity index (χ4v) is 6.56. The van der Waals surface area contributed by atoms with Crippen molar-refractivity contribution in [3.05, 3.63) is 0 Å². The Morgan fingerprint density at radius 3 is 1.41 bits per heavy atom. The molecule has 0 aliphatic rings. The fourth-order valence-electron chi connectivity index (χ4n) is 6.56. The van der Waals surface area contributed by atoms with Crippen LogP contribution in [0.4, 0.5) is 0 Å². The lowest BCUT2D eigenvalue weighted by atomic mass is 9.94. The van der Waals surface area contributed by atoms with Crippen molar-refractivity contribution in [2.75, 3.05) is 32.8 Å². The normalized spacial score (nSPS) is 11.8. The number of guanidine groups is 1. The van der Waals surface area contributed by atoms with E-state index in [1.165, 1.54) is 57.8 Å². The van der Waals surface area contributed by atoms with Gasteiger partial charge in [-0.2, -0.15) is 0 Å². The maximum atomic E-state index is 12.8. The molecule has 0 aliphatic carbocycles. The molecule has 11 heteroatoms. The van der Waals surface area contributed by atoms with Crippen LogP contribution < -0.4 is 22.1 Å². The Kier molecular flexibility index (Phi) is 42.7. The minimum Gasteiger partial charge on any atom is -0.465 e. The predicted octanol–water partition coefficient (Wildman–Crippen LogP) is 9.82. The van der Waals surface area contributed by atoms with Crippen LogP contribution in [-0.2, 0) is 28.7 Å². The average Bonchev–Trinajstić information content (AvgIpc) is 3.17. The second-order valence-corrected chi connectivity index (χ2v) is 15.4. The van der Waals surface area contributed by atoms with Gasteiger partial charge in [-0.3, -0.25) is 24.2 Å². The molecule has 0 rings (SSSR count). The SMILES string of the molecule is CCCCCCCCC(CCCCCC)C(=O)OCCCCCCNC(=O)CNC(=O)CCCCCCCOC(=O)C(CCC)CCCCC.CCN=C(N)N. The van der Waals surface area contributed by atoms with Crippen LogP contribution in [0.15, 0.2) is 4.99 Å². The number of nitrogens with zero attached hydrogens (tertiary/aromatic N) is 1. The van der Waals surface area contributed by atoms with E-state index in [0.717, 1.165) is 116 Å². The molecule has 0 bridgehead atoms. The summed E-state index contributed by atoms with van der Waals surface area (Å²) in [6.45, 7) is 12.8. The predicted molar refractivity (Wildman–Crippen MR) is 233 cm³/mol. The molecular weight excluding hydrogens is 707 g/mol. The van der Waals surface area contributed by atoms with Crippen molar-refractivity contribution in [3.63, 3.8) is 0 Å².